The first-order chi connectivity index (χ1) is 6.69. The Bertz CT molecular complexity index is 301. The zero-order valence-electron chi connectivity index (χ0n) is 8.59. The monoisotopic (exact) mass is 197 g/mol. The van der Waals surface area contributed by atoms with Crippen molar-refractivity contribution in [3.8, 4) is 5.75 Å². The number of methoxy groups -OCH3 is 1. The summed E-state index contributed by atoms with van der Waals surface area (Å²) in [7, 11) is 1.51. The molecule has 0 saturated heterocycles. The first kappa shape index (κ1) is 11.0. The summed E-state index contributed by atoms with van der Waals surface area (Å²) >= 11 is 0. The van der Waals surface area contributed by atoms with Crippen LogP contribution in [0.4, 0.5) is 4.39 Å². The van der Waals surface area contributed by atoms with Crippen molar-refractivity contribution in [1.29, 1.82) is 0 Å². The van der Waals surface area contributed by atoms with E-state index in [1.807, 2.05) is 6.92 Å². The predicted molar refractivity (Wildman–Crippen MR) is 54.8 cm³/mol. The Kier molecular flexibility index (Phi) is 3.89. The van der Waals surface area contributed by atoms with Crippen molar-refractivity contribution in [1.82, 2.24) is 0 Å². The van der Waals surface area contributed by atoms with Crippen LogP contribution in [0, 0.1) is 5.82 Å². The predicted octanol–water partition coefficient (Wildman–Crippen LogP) is 2.63. The smallest absolute Gasteiger partial charge is 0.131 e. The molecule has 2 N–H and O–H groups in total. The topological polar surface area (TPSA) is 35.2 Å². The lowest BCUT2D eigenvalue weighted by Crippen LogP contribution is -2.11. The molecule has 1 aromatic rings. The summed E-state index contributed by atoms with van der Waals surface area (Å²) in [5, 5.41) is 0. The summed E-state index contributed by atoms with van der Waals surface area (Å²) in [6.45, 7) is 2.03. The van der Waals surface area contributed by atoms with Gasteiger partial charge in [0.15, 0.2) is 0 Å². The van der Waals surface area contributed by atoms with Crippen LogP contribution in [0.25, 0.3) is 0 Å². The average Bonchev–Trinajstić information content (AvgIpc) is 2.17. The highest BCUT2D eigenvalue weighted by Crippen LogP contribution is 2.22. The standard InChI is InChI=1S/C11H16FNO/c1-3-4-11(13)9-6-5-8(14-2)7-10(9)12/h5-7,11H,3-4,13H2,1-2H3/t11-/m1/s1. The van der Waals surface area contributed by atoms with Crippen LogP contribution in [0.2, 0.25) is 0 Å². The van der Waals surface area contributed by atoms with Crippen molar-refractivity contribution < 1.29 is 9.13 Å². The quantitative estimate of drug-likeness (QED) is 0.805. The van der Waals surface area contributed by atoms with Gasteiger partial charge in [0.05, 0.1) is 7.11 Å². The molecule has 0 radical (unpaired) electrons. The van der Waals surface area contributed by atoms with Crippen LogP contribution < -0.4 is 10.5 Å². The van der Waals surface area contributed by atoms with E-state index in [2.05, 4.69) is 0 Å². The largest absolute Gasteiger partial charge is 0.497 e. The molecule has 2 nitrogen and oxygen atoms in total. The van der Waals surface area contributed by atoms with Crippen molar-refractivity contribution in [2.24, 2.45) is 5.73 Å². The molecule has 0 aliphatic heterocycles. The Labute approximate surface area is 83.9 Å². The lowest BCUT2D eigenvalue weighted by atomic mass is 10.0. The van der Waals surface area contributed by atoms with Crippen LogP contribution in [0.3, 0.4) is 0 Å². The molecule has 0 amide bonds. The maximum Gasteiger partial charge on any atom is 0.131 e. The van der Waals surface area contributed by atoms with Gasteiger partial charge in [-0.3, -0.25) is 0 Å². The highest BCUT2D eigenvalue weighted by molar-refractivity contribution is 5.30. The van der Waals surface area contributed by atoms with Gasteiger partial charge in [0.25, 0.3) is 0 Å². The third-order valence-corrected chi connectivity index (χ3v) is 2.21. The Morgan fingerprint density at radius 1 is 1.50 bits per heavy atom. The number of hydrogen-bond donors (Lipinski definition) is 1. The molecule has 1 rings (SSSR count). The molecular formula is C11H16FNO. The SMILES string of the molecule is CCC[C@@H](N)c1ccc(OC)cc1F. The summed E-state index contributed by atoms with van der Waals surface area (Å²) in [4.78, 5) is 0. The lowest BCUT2D eigenvalue weighted by molar-refractivity contribution is 0.410. The van der Waals surface area contributed by atoms with Crippen LogP contribution >= 0.6 is 0 Å². The van der Waals surface area contributed by atoms with E-state index in [1.165, 1.54) is 13.2 Å². The van der Waals surface area contributed by atoms with E-state index >= 15 is 0 Å². The summed E-state index contributed by atoms with van der Waals surface area (Å²) < 4.78 is 18.4. The van der Waals surface area contributed by atoms with E-state index in [4.69, 9.17) is 10.5 Å². The molecule has 0 aliphatic carbocycles. The van der Waals surface area contributed by atoms with Crippen molar-refractivity contribution in [3.05, 3.63) is 29.6 Å². The number of benzene rings is 1. The van der Waals surface area contributed by atoms with Crippen molar-refractivity contribution in [2.75, 3.05) is 7.11 Å². The second-order valence-electron chi connectivity index (χ2n) is 3.28. The van der Waals surface area contributed by atoms with E-state index in [-0.39, 0.29) is 11.9 Å². The summed E-state index contributed by atoms with van der Waals surface area (Å²) in [6.07, 6.45) is 1.75. The fourth-order valence-corrected chi connectivity index (χ4v) is 1.40. The summed E-state index contributed by atoms with van der Waals surface area (Å²) in [6, 6.07) is 4.57. The number of ether oxygens (including phenoxy) is 1. The Morgan fingerprint density at radius 2 is 2.21 bits per heavy atom. The van der Waals surface area contributed by atoms with Gasteiger partial charge < -0.3 is 10.5 Å². The van der Waals surface area contributed by atoms with Crippen molar-refractivity contribution in [3.63, 3.8) is 0 Å². The molecule has 1 aromatic carbocycles. The number of halogens is 1. The molecule has 3 heteroatoms. The highest BCUT2D eigenvalue weighted by atomic mass is 19.1. The Balaban J connectivity index is 2.88. The number of nitrogens with two attached hydrogens (primary N) is 1. The molecule has 0 aromatic heterocycles. The Hall–Kier alpha value is -1.09. The minimum Gasteiger partial charge on any atom is -0.497 e. The van der Waals surface area contributed by atoms with Gasteiger partial charge in [-0.2, -0.15) is 0 Å². The van der Waals surface area contributed by atoms with Gasteiger partial charge >= 0.3 is 0 Å². The van der Waals surface area contributed by atoms with Crippen LogP contribution in [0.1, 0.15) is 31.4 Å². The number of hydrogen-bond acceptors (Lipinski definition) is 2. The van der Waals surface area contributed by atoms with Crippen LogP contribution in [0.5, 0.6) is 5.75 Å². The molecule has 14 heavy (non-hydrogen) atoms. The van der Waals surface area contributed by atoms with E-state index in [0.29, 0.717) is 11.3 Å². The molecule has 0 aliphatic rings. The second kappa shape index (κ2) is 4.96. The highest BCUT2D eigenvalue weighted by Gasteiger charge is 2.10. The molecule has 0 heterocycles. The molecule has 0 saturated carbocycles. The van der Waals surface area contributed by atoms with E-state index in [9.17, 15) is 4.39 Å². The van der Waals surface area contributed by atoms with Gasteiger partial charge in [-0.05, 0) is 12.5 Å². The van der Waals surface area contributed by atoms with Gasteiger partial charge in [0, 0.05) is 17.7 Å². The number of rotatable bonds is 4. The Morgan fingerprint density at radius 3 is 2.71 bits per heavy atom. The van der Waals surface area contributed by atoms with Gasteiger partial charge in [-0.25, -0.2) is 4.39 Å². The average molecular weight is 197 g/mol. The summed E-state index contributed by atoms with van der Waals surface area (Å²) in [5.41, 5.74) is 6.38. The lowest BCUT2D eigenvalue weighted by Gasteiger charge is -2.12. The van der Waals surface area contributed by atoms with E-state index in [0.717, 1.165) is 12.8 Å². The summed E-state index contributed by atoms with van der Waals surface area (Å²) in [5.74, 6) is 0.236. The minimum atomic E-state index is -0.287. The first-order valence-corrected chi connectivity index (χ1v) is 4.78. The van der Waals surface area contributed by atoms with Gasteiger partial charge in [-0.15, -0.1) is 0 Å². The first-order valence-electron chi connectivity index (χ1n) is 4.78. The normalized spacial score (nSPS) is 12.6. The maximum absolute atomic E-state index is 13.5. The van der Waals surface area contributed by atoms with Crippen molar-refractivity contribution in [2.45, 2.75) is 25.8 Å². The third-order valence-electron chi connectivity index (χ3n) is 2.21. The van der Waals surface area contributed by atoms with Crippen LogP contribution in [-0.4, -0.2) is 7.11 Å². The molecule has 1 atom stereocenters. The minimum absolute atomic E-state index is 0.217. The third kappa shape index (κ3) is 2.45. The molecule has 78 valence electrons. The zero-order chi connectivity index (χ0) is 10.6. The fraction of sp³-hybridized carbons (Fsp3) is 0.455. The van der Waals surface area contributed by atoms with Gasteiger partial charge in [0.1, 0.15) is 11.6 Å². The molecular weight excluding hydrogens is 181 g/mol. The molecule has 0 fully saturated rings. The van der Waals surface area contributed by atoms with Crippen LogP contribution in [-0.2, 0) is 0 Å². The van der Waals surface area contributed by atoms with Gasteiger partial charge in [0.2, 0.25) is 0 Å². The molecule has 0 unspecified atom stereocenters. The second-order valence-corrected chi connectivity index (χ2v) is 3.28. The molecule has 0 spiro atoms. The van der Waals surface area contributed by atoms with Gasteiger partial charge in [-0.1, -0.05) is 19.4 Å². The maximum atomic E-state index is 13.5. The van der Waals surface area contributed by atoms with Crippen molar-refractivity contribution >= 4 is 0 Å². The molecule has 0 bridgehead atoms. The van der Waals surface area contributed by atoms with E-state index in [1.54, 1.807) is 12.1 Å². The zero-order valence-corrected chi connectivity index (χ0v) is 8.59. The van der Waals surface area contributed by atoms with Crippen LogP contribution in [0.15, 0.2) is 18.2 Å². The van der Waals surface area contributed by atoms with E-state index < -0.39 is 0 Å². The fourth-order valence-electron chi connectivity index (χ4n) is 1.40.